The molecule has 0 amide bonds. The molecule has 42 heavy (non-hydrogen) atoms. The van der Waals surface area contributed by atoms with Gasteiger partial charge in [-0.3, -0.25) is 14.7 Å². The SMILES string of the molecule is Cc1cc2c(cnn2C2CCCCO2)c(-c2c(F)cc3c(=O)[nH]c(OCC4(CN5CC[C@@H](F)C5)CC4)nc3c2F)c1C. The van der Waals surface area contributed by atoms with Crippen LogP contribution in [0.3, 0.4) is 0 Å². The van der Waals surface area contributed by atoms with E-state index in [1.165, 1.54) is 0 Å². The number of aromatic nitrogens is 4. The second-order valence-corrected chi connectivity index (χ2v) is 12.3. The molecule has 3 aliphatic rings. The van der Waals surface area contributed by atoms with E-state index in [1.807, 2.05) is 19.9 Å². The Kier molecular flexibility index (Phi) is 6.77. The van der Waals surface area contributed by atoms with Crippen molar-refractivity contribution in [3.63, 3.8) is 0 Å². The van der Waals surface area contributed by atoms with Gasteiger partial charge in [0.05, 0.1) is 29.3 Å². The largest absolute Gasteiger partial charge is 0.464 e. The maximum atomic E-state index is 16.4. The van der Waals surface area contributed by atoms with Gasteiger partial charge in [-0.15, -0.1) is 0 Å². The van der Waals surface area contributed by atoms with E-state index in [2.05, 4.69) is 20.0 Å². The van der Waals surface area contributed by atoms with Crippen LogP contribution in [0.4, 0.5) is 13.2 Å². The lowest BCUT2D eigenvalue weighted by atomic mass is 9.92. The molecule has 1 unspecified atom stereocenters. The quantitative estimate of drug-likeness (QED) is 0.300. The zero-order valence-electron chi connectivity index (χ0n) is 23.8. The van der Waals surface area contributed by atoms with E-state index in [0.29, 0.717) is 49.2 Å². The number of aryl methyl sites for hydroxylation is 1. The summed E-state index contributed by atoms with van der Waals surface area (Å²) in [4.78, 5) is 21.9. The van der Waals surface area contributed by atoms with Crippen LogP contribution in [0, 0.1) is 30.9 Å². The minimum atomic E-state index is -0.926. The van der Waals surface area contributed by atoms with Crippen molar-refractivity contribution in [3.05, 3.63) is 51.4 Å². The van der Waals surface area contributed by atoms with Gasteiger partial charge in [-0.2, -0.15) is 10.1 Å². The number of alkyl halides is 1. The van der Waals surface area contributed by atoms with Crippen molar-refractivity contribution in [2.45, 2.75) is 64.8 Å². The summed E-state index contributed by atoms with van der Waals surface area (Å²) in [5, 5.41) is 4.97. The van der Waals surface area contributed by atoms with Crippen LogP contribution in [-0.4, -0.2) is 63.7 Å². The second kappa shape index (κ2) is 10.4. The van der Waals surface area contributed by atoms with Crippen molar-refractivity contribution < 1.29 is 22.6 Å². The predicted octanol–water partition coefficient (Wildman–Crippen LogP) is 5.74. The fourth-order valence-electron chi connectivity index (χ4n) is 6.52. The third-order valence-corrected chi connectivity index (χ3v) is 9.22. The van der Waals surface area contributed by atoms with E-state index in [4.69, 9.17) is 9.47 Å². The summed E-state index contributed by atoms with van der Waals surface area (Å²) >= 11 is 0. The van der Waals surface area contributed by atoms with Crippen molar-refractivity contribution in [2.24, 2.45) is 5.41 Å². The number of H-pyrrole nitrogens is 1. The number of likely N-dealkylation sites (tertiary alicyclic amines) is 1. The van der Waals surface area contributed by atoms with Gasteiger partial charge in [0, 0.05) is 42.6 Å². The molecule has 4 aromatic rings. The maximum absolute atomic E-state index is 16.4. The van der Waals surface area contributed by atoms with Crippen LogP contribution in [0.1, 0.15) is 55.9 Å². The summed E-state index contributed by atoms with van der Waals surface area (Å²) in [5.74, 6) is -1.78. The summed E-state index contributed by atoms with van der Waals surface area (Å²) in [6, 6.07) is 2.89. The number of ether oxygens (including phenoxy) is 2. The van der Waals surface area contributed by atoms with Crippen LogP contribution in [0.2, 0.25) is 0 Å². The molecule has 222 valence electrons. The molecular weight excluding hydrogens is 547 g/mol. The molecule has 2 aromatic carbocycles. The highest BCUT2D eigenvalue weighted by atomic mass is 19.1. The Morgan fingerprint density at radius 2 is 1.98 bits per heavy atom. The van der Waals surface area contributed by atoms with E-state index < -0.39 is 23.4 Å². The van der Waals surface area contributed by atoms with Gasteiger partial charge in [0.15, 0.2) is 12.0 Å². The summed E-state index contributed by atoms with van der Waals surface area (Å²) in [5.41, 5.74) is 1.33. The smallest absolute Gasteiger partial charge is 0.297 e. The van der Waals surface area contributed by atoms with Gasteiger partial charge < -0.3 is 9.47 Å². The Morgan fingerprint density at radius 1 is 1.14 bits per heavy atom. The van der Waals surface area contributed by atoms with Gasteiger partial charge in [0.2, 0.25) is 0 Å². The van der Waals surface area contributed by atoms with Crippen LogP contribution < -0.4 is 10.3 Å². The number of hydrogen-bond donors (Lipinski definition) is 1. The molecule has 1 aliphatic carbocycles. The summed E-state index contributed by atoms with van der Waals surface area (Å²) in [6.45, 7) is 6.46. The Bertz CT molecular complexity index is 1740. The molecule has 2 saturated heterocycles. The second-order valence-electron chi connectivity index (χ2n) is 12.3. The number of halogens is 3. The average molecular weight is 582 g/mol. The van der Waals surface area contributed by atoms with Crippen molar-refractivity contribution in [3.8, 4) is 17.1 Å². The molecule has 8 nitrogen and oxygen atoms in total. The number of fused-ring (bicyclic) bond motifs is 2. The third kappa shape index (κ3) is 4.76. The van der Waals surface area contributed by atoms with E-state index in [1.54, 1.807) is 10.9 Å². The summed E-state index contributed by atoms with van der Waals surface area (Å²) in [6.07, 6.45) is 5.78. The van der Waals surface area contributed by atoms with Gasteiger partial charge in [0.25, 0.3) is 11.6 Å². The number of hydrogen-bond acceptors (Lipinski definition) is 6. The highest BCUT2D eigenvalue weighted by Gasteiger charge is 2.46. The van der Waals surface area contributed by atoms with Crippen LogP contribution in [0.25, 0.3) is 32.9 Å². The fraction of sp³-hybridized carbons (Fsp3) is 0.516. The van der Waals surface area contributed by atoms with Gasteiger partial charge in [-0.25, -0.2) is 17.9 Å². The van der Waals surface area contributed by atoms with E-state index >= 15 is 8.78 Å². The summed E-state index contributed by atoms with van der Waals surface area (Å²) in [7, 11) is 0. The number of rotatable bonds is 7. The van der Waals surface area contributed by atoms with Gasteiger partial charge in [0.1, 0.15) is 17.5 Å². The standard InChI is InChI=1S/C31H34F3N5O3/c1-17-11-23-21(13-35-39(23)24-5-3-4-10-41-24)25(18(17)2)26-22(33)12-20-28(27(26)34)36-30(37-29(20)40)42-16-31(7-8-31)15-38-9-6-19(32)14-38/h11-13,19,24H,3-10,14-16H2,1-2H3,(H,36,37,40)/t19-,24?/m1/s1. The molecule has 11 heteroatoms. The molecule has 1 saturated carbocycles. The molecule has 0 radical (unpaired) electrons. The number of nitrogens with zero attached hydrogens (tertiary/aromatic N) is 4. The lowest BCUT2D eigenvalue weighted by Crippen LogP contribution is -2.32. The lowest BCUT2D eigenvalue weighted by molar-refractivity contribution is -0.0366. The van der Waals surface area contributed by atoms with Crippen LogP contribution in [-0.2, 0) is 4.74 Å². The number of aromatic amines is 1. The zero-order valence-corrected chi connectivity index (χ0v) is 23.8. The van der Waals surface area contributed by atoms with Crippen molar-refractivity contribution in [2.75, 3.05) is 32.8 Å². The Labute approximate surface area is 240 Å². The van der Waals surface area contributed by atoms with Crippen molar-refractivity contribution in [1.82, 2.24) is 24.6 Å². The first-order chi connectivity index (χ1) is 20.2. The molecule has 0 bridgehead atoms. The molecule has 4 heterocycles. The number of benzene rings is 2. The highest BCUT2D eigenvalue weighted by Crippen LogP contribution is 2.47. The first kappa shape index (κ1) is 27.4. The number of nitrogens with one attached hydrogen (secondary N) is 1. The van der Waals surface area contributed by atoms with Gasteiger partial charge in [-0.1, -0.05) is 0 Å². The topological polar surface area (TPSA) is 85.3 Å². The normalized spacial score (nSPS) is 22.3. The minimum absolute atomic E-state index is 0.117. The molecular formula is C31H34F3N5O3. The Hall–Kier alpha value is -3.44. The highest BCUT2D eigenvalue weighted by molar-refractivity contribution is 5.99. The minimum Gasteiger partial charge on any atom is -0.464 e. The van der Waals surface area contributed by atoms with E-state index in [-0.39, 0.29) is 40.7 Å². The molecule has 2 aromatic heterocycles. The average Bonchev–Trinajstić information content (AvgIpc) is 3.41. The van der Waals surface area contributed by atoms with E-state index in [0.717, 1.165) is 49.3 Å². The molecule has 3 fully saturated rings. The Balaban J connectivity index is 1.26. The summed E-state index contributed by atoms with van der Waals surface area (Å²) < 4.78 is 59.4. The fourth-order valence-corrected chi connectivity index (χ4v) is 6.52. The monoisotopic (exact) mass is 581 g/mol. The third-order valence-electron chi connectivity index (χ3n) is 9.22. The van der Waals surface area contributed by atoms with Gasteiger partial charge in [-0.05, 0) is 75.6 Å². The maximum Gasteiger partial charge on any atom is 0.297 e. The van der Waals surface area contributed by atoms with Gasteiger partial charge >= 0.3 is 0 Å². The molecule has 7 rings (SSSR count). The van der Waals surface area contributed by atoms with Crippen molar-refractivity contribution >= 4 is 21.8 Å². The van der Waals surface area contributed by atoms with Crippen molar-refractivity contribution in [1.29, 1.82) is 0 Å². The van der Waals surface area contributed by atoms with E-state index in [9.17, 15) is 9.18 Å². The molecule has 0 spiro atoms. The van der Waals surface area contributed by atoms with Crippen LogP contribution >= 0.6 is 0 Å². The Morgan fingerprint density at radius 3 is 2.69 bits per heavy atom. The molecule has 2 aliphatic heterocycles. The first-order valence-corrected chi connectivity index (χ1v) is 14.7. The molecule has 1 N–H and O–H groups in total. The van der Waals surface area contributed by atoms with Crippen LogP contribution in [0.15, 0.2) is 23.1 Å². The first-order valence-electron chi connectivity index (χ1n) is 14.7. The lowest BCUT2D eigenvalue weighted by Gasteiger charge is -2.24. The zero-order chi connectivity index (χ0) is 29.2. The van der Waals surface area contributed by atoms with Crippen LogP contribution in [0.5, 0.6) is 6.01 Å². The predicted molar refractivity (Wildman–Crippen MR) is 152 cm³/mol. The molecule has 2 atom stereocenters.